The molecule has 5 heteroatoms. The number of carbonyl (C=O) groups excluding carboxylic acids is 2. The molecule has 0 saturated carbocycles. The molecule has 140 valence electrons. The molecular weight excluding hydrogens is 356 g/mol. The Morgan fingerprint density at radius 1 is 1.07 bits per heavy atom. The minimum atomic E-state index is -0.0508. The van der Waals surface area contributed by atoms with E-state index in [-0.39, 0.29) is 17.7 Å². The molecule has 27 heavy (non-hydrogen) atoms. The van der Waals surface area contributed by atoms with Crippen LogP contribution in [0, 0.1) is 5.92 Å². The lowest BCUT2D eigenvalue weighted by molar-refractivity contribution is -0.130. The topological polar surface area (TPSA) is 49.4 Å². The second kappa shape index (κ2) is 9.42. The van der Waals surface area contributed by atoms with E-state index in [2.05, 4.69) is 5.32 Å². The molecule has 0 spiro atoms. The van der Waals surface area contributed by atoms with Crippen LogP contribution in [0.15, 0.2) is 65.6 Å². The summed E-state index contributed by atoms with van der Waals surface area (Å²) in [6.07, 6.45) is 6.85. The van der Waals surface area contributed by atoms with E-state index in [1.165, 1.54) is 0 Å². The van der Waals surface area contributed by atoms with E-state index in [1.807, 2.05) is 71.8 Å². The van der Waals surface area contributed by atoms with Crippen molar-refractivity contribution in [2.75, 3.05) is 24.7 Å². The molecule has 1 aliphatic rings. The number of piperidine rings is 1. The van der Waals surface area contributed by atoms with Gasteiger partial charge in [-0.05, 0) is 48.9 Å². The largest absolute Gasteiger partial charge is 0.339 e. The summed E-state index contributed by atoms with van der Waals surface area (Å²) in [4.78, 5) is 27.8. The molecule has 1 heterocycles. The van der Waals surface area contributed by atoms with Gasteiger partial charge in [0, 0.05) is 35.7 Å². The van der Waals surface area contributed by atoms with Gasteiger partial charge in [0.25, 0.3) is 0 Å². The molecule has 1 fully saturated rings. The maximum Gasteiger partial charge on any atom is 0.246 e. The van der Waals surface area contributed by atoms with Crippen molar-refractivity contribution in [3.8, 4) is 0 Å². The fourth-order valence-electron chi connectivity index (χ4n) is 3.14. The number of anilines is 1. The van der Waals surface area contributed by atoms with Crippen LogP contribution in [0.1, 0.15) is 18.4 Å². The standard InChI is InChI=1S/C22H24N2O2S/c1-27-20-9-5-8-19(16-20)23-22(26)18-12-14-24(15-13-18)21(25)11-10-17-6-3-2-4-7-17/h2-11,16,18H,12-15H2,1H3,(H,23,26)/b11-10+. The highest BCUT2D eigenvalue weighted by Gasteiger charge is 2.26. The third-order valence-electron chi connectivity index (χ3n) is 4.73. The number of nitrogens with one attached hydrogen (secondary N) is 1. The molecule has 0 atom stereocenters. The molecule has 0 unspecified atom stereocenters. The smallest absolute Gasteiger partial charge is 0.246 e. The highest BCUT2D eigenvalue weighted by Crippen LogP contribution is 2.22. The molecule has 1 N–H and O–H groups in total. The van der Waals surface area contributed by atoms with Crippen LogP contribution in [0.2, 0.25) is 0 Å². The molecule has 2 amide bonds. The summed E-state index contributed by atoms with van der Waals surface area (Å²) < 4.78 is 0. The number of hydrogen-bond acceptors (Lipinski definition) is 3. The van der Waals surface area contributed by atoms with Gasteiger partial charge in [-0.2, -0.15) is 0 Å². The highest BCUT2D eigenvalue weighted by atomic mass is 32.2. The molecule has 4 nitrogen and oxygen atoms in total. The lowest BCUT2D eigenvalue weighted by Gasteiger charge is -2.30. The van der Waals surface area contributed by atoms with Gasteiger partial charge in [-0.15, -0.1) is 11.8 Å². The SMILES string of the molecule is CSc1cccc(NC(=O)C2CCN(C(=O)/C=C/c3ccccc3)CC2)c1. The van der Waals surface area contributed by atoms with Crippen LogP contribution in [-0.2, 0) is 9.59 Å². The molecule has 0 bridgehead atoms. The van der Waals surface area contributed by atoms with Crippen LogP contribution in [0.3, 0.4) is 0 Å². The zero-order valence-electron chi connectivity index (χ0n) is 15.4. The van der Waals surface area contributed by atoms with E-state index in [1.54, 1.807) is 17.8 Å². The van der Waals surface area contributed by atoms with Crippen LogP contribution < -0.4 is 5.32 Å². The number of carbonyl (C=O) groups is 2. The average Bonchev–Trinajstić information content (AvgIpc) is 2.73. The van der Waals surface area contributed by atoms with Gasteiger partial charge in [0.05, 0.1) is 0 Å². The Kier molecular flexibility index (Phi) is 6.71. The summed E-state index contributed by atoms with van der Waals surface area (Å²) in [5.74, 6) is -0.00403. The van der Waals surface area contributed by atoms with Crippen molar-refractivity contribution in [1.29, 1.82) is 0 Å². The monoisotopic (exact) mass is 380 g/mol. The van der Waals surface area contributed by atoms with Crippen LogP contribution in [0.4, 0.5) is 5.69 Å². The van der Waals surface area contributed by atoms with Gasteiger partial charge < -0.3 is 10.2 Å². The summed E-state index contributed by atoms with van der Waals surface area (Å²) in [6, 6.07) is 17.6. The summed E-state index contributed by atoms with van der Waals surface area (Å²) in [5.41, 5.74) is 1.84. The molecule has 1 saturated heterocycles. The number of thioether (sulfide) groups is 1. The molecule has 2 aromatic carbocycles. The summed E-state index contributed by atoms with van der Waals surface area (Å²) in [7, 11) is 0. The van der Waals surface area contributed by atoms with E-state index < -0.39 is 0 Å². The third-order valence-corrected chi connectivity index (χ3v) is 5.46. The number of benzene rings is 2. The first-order chi connectivity index (χ1) is 13.2. The number of rotatable bonds is 5. The Morgan fingerprint density at radius 3 is 2.52 bits per heavy atom. The maximum atomic E-state index is 12.5. The predicted octanol–water partition coefficient (Wildman–Crippen LogP) is 4.30. The molecular formula is C22H24N2O2S. The number of nitrogens with zero attached hydrogens (tertiary/aromatic N) is 1. The number of amides is 2. The first-order valence-corrected chi connectivity index (χ1v) is 10.3. The summed E-state index contributed by atoms with van der Waals surface area (Å²) in [5, 5.41) is 3.01. The second-order valence-corrected chi connectivity index (χ2v) is 7.44. The molecule has 3 rings (SSSR count). The highest BCUT2D eigenvalue weighted by molar-refractivity contribution is 7.98. The van der Waals surface area contributed by atoms with Crippen molar-refractivity contribution in [2.24, 2.45) is 5.92 Å². The Morgan fingerprint density at radius 2 is 1.81 bits per heavy atom. The zero-order chi connectivity index (χ0) is 19.1. The lowest BCUT2D eigenvalue weighted by atomic mass is 9.95. The Balaban J connectivity index is 1.50. The lowest BCUT2D eigenvalue weighted by Crippen LogP contribution is -2.40. The molecule has 0 aliphatic carbocycles. The minimum Gasteiger partial charge on any atom is -0.339 e. The van der Waals surface area contributed by atoms with Gasteiger partial charge in [-0.25, -0.2) is 0 Å². The van der Waals surface area contributed by atoms with Crippen molar-refractivity contribution in [3.05, 3.63) is 66.2 Å². The van der Waals surface area contributed by atoms with Crippen molar-refractivity contribution < 1.29 is 9.59 Å². The fraction of sp³-hybridized carbons (Fsp3) is 0.273. The first kappa shape index (κ1) is 19.2. The minimum absolute atomic E-state index is 0.00498. The predicted molar refractivity (Wildman–Crippen MR) is 112 cm³/mol. The van der Waals surface area contributed by atoms with Crippen LogP contribution in [-0.4, -0.2) is 36.1 Å². The zero-order valence-corrected chi connectivity index (χ0v) is 16.2. The average molecular weight is 381 g/mol. The Labute approximate surface area is 164 Å². The van der Waals surface area contributed by atoms with Crippen molar-refractivity contribution >= 4 is 35.3 Å². The van der Waals surface area contributed by atoms with Gasteiger partial charge in [-0.1, -0.05) is 36.4 Å². The molecule has 1 aliphatic heterocycles. The Hall–Kier alpha value is -2.53. The second-order valence-electron chi connectivity index (χ2n) is 6.56. The van der Waals surface area contributed by atoms with Gasteiger partial charge in [0.1, 0.15) is 0 Å². The third kappa shape index (κ3) is 5.47. The van der Waals surface area contributed by atoms with Gasteiger partial charge in [0.2, 0.25) is 11.8 Å². The quantitative estimate of drug-likeness (QED) is 0.621. The first-order valence-electron chi connectivity index (χ1n) is 9.12. The van der Waals surface area contributed by atoms with Crippen molar-refractivity contribution in [2.45, 2.75) is 17.7 Å². The van der Waals surface area contributed by atoms with E-state index >= 15 is 0 Å². The van der Waals surface area contributed by atoms with Crippen molar-refractivity contribution in [3.63, 3.8) is 0 Å². The van der Waals surface area contributed by atoms with Gasteiger partial charge in [-0.3, -0.25) is 9.59 Å². The van der Waals surface area contributed by atoms with Crippen LogP contribution in [0.5, 0.6) is 0 Å². The number of likely N-dealkylation sites (tertiary alicyclic amines) is 1. The normalized spacial score (nSPS) is 15.1. The van der Waals surface area contributed by atoms with Gasteiger partial charge >= 0.3 is 0 Å². The fourth-order valence-corrected chi connectivity index (χ4v) is 3.60. The van der Waals surface area contributed by atoms with E-state index in [0.717, 1.165) is 16.1 Å². The van der Waals surface area contributed by atoms with Crippen LogP contribution in [0.25, 0.3) is 6.08 Å². The molecule has 0 aromatic heterocycles. The Bertz CT molecular complexity index is 812. The molecule has 2 aromatic rings. The number of hydrogen-bond donors (Lipinski definition) is 1. The van der Waals surface area contributed by atoms with Gasteiger partial charge in [0.15, 0.2) is 0 Å². The maximum absolute atomic E-state index is 12.5. The van der Waals surface area contributed by atoms with Crippen LogP contribution >= 0.6 is 11.8 Å². The van der Waals surface area contributed by atoms with E-state index in [4.69, 9.17) is 0 Å². The summed E-state index contributed by atoms with van der Waals surface area (Å²) in [6.45, 7) is 1.22. The van der Waals surface area contributed by atoms with E-state index in [9.17, 15) is 9.59 Å². The van der Waals surface area contributed by atoms with E-state index in [0.29, 0.717) is 25.9 Å². The molecule has 0 radical (unpaired) electrons. The van der Waals surface area contributed by atoms with Crippen molar-refractivity contribution in [1.82, 2.24) is 4.90 Å². The summed E-state index contributed by atoms with van der Waals surface area (Å²) >= 11 is 1.65.